The van der Waals surface area contributed by atoms with E-state index in [1.54, 1.807) is 22.5 Å². The van der Waals surface area contributed by atoms with Crippen LogP contribution in [0.4, 0.5) is 0 Å². The molecule has 0 atom stereocenters. The molecule has 1 aromatic rings. The van der Waals surface area contributed by atoms with Crippen molar-refractivity contribution in [2.45, 2.75) is 24.2 Å². The summed E-state index contributed by atoms with van der Waals surface area (Å²) < 4.78 is 27.6. The molecule has 1 aromatic carbocycles. The first kappa shape index (κ1) is 17.2. The number of halogens is 2. The third-order valence-electron chi connectivity index (χ3n) is 3.89. The Balaban J connectivity index is 2.08. The van der Waals surface area contributed by atoms with E-state index in [9.17, 15) is 8.42 Å². The Kier molecular flexibility index (Phi) is 6.08. The van der Waals surface area contributed by atoms with Crippen LogP contribution in [0.2, 0.25) is 5.02 Å². The lowest BCUT2D eigenvalue weighted by molar-refractivity contribution is 0.263. The van der Waals surface area contributed by atoms with E-state index in [2.05, 4.69) is 21.2 Å². The van der Waals surface area contributed by atoms with E-state index >= 15 is 0 Å². The standard InChI is InChI=1S/C14H20BrClN2O2S/c1-17-7-4-11-5-8-18(9-6-11)21(19,20)14-3-2-12(15)10-13(14)16/h2-3,10-11,17H,4-9H2,1H3. The number of rotatable bonds is 5. The van der Waals surface area contributed by atoms with Crippen molar-refractivity contribution in [2.75, 3.05) is 26.7 Å². The predicted octanol–water partition coefficient (Wildman–Crippen LogP) is 3.11. The highest BCUT2D eigenvalue weighted by Gasteiger charge is 2.30. The molecule has 4 nitrogen and oxygen atoms in total. The van der Waals surface area contributed by atoms with Gasteiger partial charge in [0.15, 0.2) is 0 Å². The first-order valence-electron chi connectivity index (χ1n) is 7.05. The van der Waals surface area contributed by atoms with Crippen molar-refractivity contribution in [1.29, 1.82) is 0 Å². The van der Waals surface area contributed by atoms with Crippen molar-refractivity contribution in [2.24, 2.45) is 5.92 Å². The SMILES string of the molecule is CNCCC1CCN(S(=O)(=O)c2ccc(Br)cc2Cl)CC1. The van der Waals surface area contributed by atoms with E-state index in [1.807, 2.05) is 7.05 Å². The van der Waals surface area contributed by atoms with Crippen molar-refractivity contribution >= 4 is 37.6 Å². The molecule has 21 heavy (non-hydrogen) atoms. The Morgan fingerprint density at radius 3 is 2.62 bits per heavy atom. The van der Waals surface area contributed by atoms with Crippen molar-refractivity contribution in [3.8, 4) is 0 Å². The number of piperidine rings is 1. The van der Waals surface area contributed by atoms with Gasteiger partial charge in [-0.3, -0.25) is 0 Å². The molecule has 0 bridgehead atoms. The number of hydrogen-bond donors (Lipinski definition) is 1. The van der Waals surface area contributed by atoms with Gasteiger partial charge >= 0.3 is 0 Å². The Morgan fingerprint density at radius 2 is 2.05 bits per heavy atom. The second-order valence-electron chi connectivity index (χ2n) is 5.31. The van der Waals surface area contributed by atoms with Gasteiger partial charge in [0.05, 0.1) is 5.02 Å². The summed E-state index contributed by atoms with van der Waals surface area (Å²) in [7, 11) is -1.55. The highest BCUT2D eigenvalue weighted by Crippen LogP contribution is 2.30. The number of nitrogens with one attached hydrogen (secondary N) is 1. The molecular formula is C14H20BrClN2O2S. The molecule has 1 aliphatic heterocycles. The van der Waals surface area contributed by atoms with Gasteiger partial charge in [0.1, 0.15) is 4.90 Å². The van der Waals surface area contributed by atoms with E-state index < -0.39 is 10.0 Å². The van der Waals surface area contributed by atoms with Crippen LogP contribution in [0.25, 0.3) is 0 Å². The lowest BCUT2D eigenvalue weighted by atomic mass is 9.95. The summed E-state index contributed by atoms with van der Waals surface area (Å²) in [4.78, 5) is 0.195. The summed E-state index contributed by atoms with van der Waals surface area (Å²) in [5, 5.41) is 3.41. The summed E-state index contributed by atoms with van der Waals surface area (Å²) in [6.07, 6.45) is 2.92. The lowest BCUT2D eigenvalue weighted by Crippen LogP contribution is -2.39. The maximum absolute atomic E-state index is 12.7. The van der Waals surface area contributed by atoms with E-state index in [-0.39, 0.29) is 9.92 Å². The highest BCUT2D eigenvalue weighted by atomic mass is 79.9. The predicted molar refractivity (Wildman–Crippen MR) is 89.2 cm³/mol. The van der Waals surface area contributed by atoms with Crippen LogP contribution in [0.15, 0.2) is 27.6 Å². The topological polar surface area (TPSA) is 49.4 Å². The van der Waals surface area contributed by atoms with E-state index in [1.165, 1.54) is 0 Å². The van der Waals surface area contributed by atoms with Crippen LogP contribution in [0.5, 0.6) is 0 Å². The van der Waals surface area contributed by atoms with Crippen LogP contribution >= 0.6 is 27.5 Å². The fraction of sp³-hybridized carbons (Fsp3) is 0.571. The van der Waals surface area contributed by atoms with E-state index in [0.717, 1.165) is 30.3 Å². The quantitative estimate of drug-likeness (QED) is 0.833. The molecule has 1 heterocycles. The summed E-state index contributed by atoms with van der Waals surface area (Å²) in [5.41, 5.74) is 0. The lowest BCUT2D eigenvalue weighted by Gasteiger charge is -2.31. The first-order valence-corrected chi connectivity index (χ1v) is 9.66. The van der Waals surface area contributed by atoms with Crippen molar-refractivity contribution < 1.29 is 8.42 Å². The molecular weight excluding hydrogens is 376 g/mol. The number of hydrogen-bond acceptors (Lipinski definition) is 3. The maximum Gasteiger partial charge on any atom is 0.244 e. The molecule has 0 aromatic heterocycles. The Labute approximate surface area is 140 Å². The van der Waals surface area contributed by atoms with Crippen LogP contribution in [0, 0.1) is 5.92 Å². The fourth-order valence-corrected chi connectivity index (χ4v) is 5.09. The fourth-order valence-electron chi connectivity index (χ4n) is 2.61. The third-order valence-corrected chi connectivity index (χ3v) is 6.76. The van der Waals surface area contributed by atoms with Crippen LogP contribution in [-0.4, -0.2) is 39.4 Å². The van der Waals surface area contributed by atoms with Crippen molar-refractivity contribution in [1.82, 2.24) is 9.62 Å². The summed E-state index contributed by atoms with van der Waals surface area (Å²) in [6.45, 7) is 2.13. The first-order chi connectivity index (χ1) is 9.95. The molecule has 1 saturated heterocycles. The zero-order valence-corrected chi connectivity index (χ0v) is 15.1. The zero-order chi connectivity index (χ0) is 15.5. The molecule has 0 aliphatic carbocycles. The van der Waals surface area contributed by atoms with Gasteiger partial charge < -0.3 is 5.32 Å². The summed E-state index contributed by atoms with van der Waals surface area (Å²) >= 11 is 9.38. The molecule has 118 valence electrons. The molecule has 1 aliphatic rings. The normalized spacial score (nSPS) is 18.0. The van der Waals surface area contributed by atoms with Gasteiger partial charge in [-0.05, 0) is 57.0 Å². The average Bonchev–Trinajstić information content (AvgIpc) is 2.45. The summed E-state index contributed by atoms with van der Waals surface area (Å²) in [6, 6.07) is 4.89. The van der Waals surface area contributed by atoms with Gasteiger partial charge in [-0.2, -0.15) is 4.31 Å². The molecule has 0 saturated carbocycles. The van der Waals surface area contributed by atoms with Gasteiger partial charge in [0.25, 0.3) is 0 Å². The van der Waals surface area contributed by atoms with Crippen LogP contribution in [-0.2, 0) is 10.0 Å². The molecule has 1 fully saturated rings. The van der Waals surface area contributed by atoms with Crippen molar-refractivity contribution in [3.63, 3.8) is 0 Å². The minimum absolute atomic E-state index is 0.195. The van der Waals surface area contributed by atoms with Crippen LogP contribution in [0.3, 0.4) is 0 Å². The Morgan fingerprint density at radius 1 is 1.38 bits per heavy atom. The zero-order valence-electron chi connectivity index (χ0n) is 12.0. The van der Waals surface area contributed by atoms with Gasteiger partial charge in [-0.25, -0.2) is 8.42 Å². The van der Waals surface area contributed by atoms with Crippen molar-refractivity contribution in [3.05, 3.63) is 27.7 Å². The highest BCUT2D eigenvalue weighted by molar-refractivity contribution is 9.10. The van der Waals surface area contributed by atoms with Gasteiger partial charge in [-0.15, -0.1) is 0 Å². The number of benzene rings is 1. The Bertz CT molecular complexity index is 587. The van der Waals surface area contributed by atoms with Gasteiger partial charge in [0, 0.05) is 17.6 Å². The molecule has 7 heteroatoms. The second kappa shape index (κ2) is 7.42. The molecule has 0 radical (unpaired) electrons. The number of nitrogens with zero attached hydrogens (tertiary/aromatic N) is 1. The smallest absolute Gasteiger partial charge is 0.244 e. The monoisotopic (exact) mass is 394 g/mol. The van der Waals surface area contributed by atoms with Crippen LogP contribution in [0.1, 0.15) is 19.3 Å². The molecule has 1 N–H and O–H groups in total. The van der Waals surface area contributed by atoms with Gasteiger partial charge in [0.2, 0.25) is 10.0 Å². The maximum atomic E-state index is 12.7. The molecule has 0 unspecified atom stereocenters. The third kappa shape index (κ3) is 4.20. The summed E-state index contributed by atoms with van der Waals surface area (Å²) in [5.74, 6) is 0.601. The minimum atomic E-state index is -3.49. The van der Waals surface area contributed by atoms with E-state index in [0.29, 0.717) is 19.0 Å². The average molecular weight is 396 g/mol. The molecule has 2 rings (SSSR count). The molecule has 0 spiro atoms. The molecule has 0 amide bonds. The van der Waals surface area contributed by atoms with E-state index in [4.69, 9.17) is 11.6 Å². The van der Waals surface area contributed by atoms with Crippen LogP contribution < -0.4 is 5.32 Å². The largest absolute Gasteiger partial charge is 0.320 e. The van der Waals surface area contributed by atoms with Gasteiger partial charge in [-0.1, -0.05) is 27.5 Å². The Hall–Kier alpha value is -0.140. The number of sulfonamides is 1. The minimum Gasteiger partial charge on any atom is -0.320 e. The second-order valence-corrected chi connectivity index (χ2v) is 8.54.